The maximum atomic E-state index is 13.8. The van der Waals surface area contributed by atoms with Crippen molar-refractivity contribution in [3.05, 3.63) is 59.2 Å². The highest BCUT2D eigenvalue weighted by Gasteiger charge is 2.55. The van der Waals surface area contributed by atoms with Gasteiger partial charge in [-0.05, 0) is 74.4 Å². The second kappa shape index (κ2) is 10.0. The number of esters is 1. The number of rotatable bonds is 9. The maximum Gasteiger partial charge on any atom is 0.328 e. The van der Waals surface area contributed by atoms with Crippen LogP contribution in [0.25, 0.3) is 0 Å². The standard InChI is InChI=1S/C27H33NO6S/c1-19-6-7-20(2)24(16-19)35(31,32)27(14-4-5-15-27)26(30)34-18-25(29)28(22-10-11-22)17-21-8-12-23(33-3)13-9-21/h6-9,12-13,16,22H,4-5,10-11,14-15,17-18H2,1-3H3. The molecule has 0 aliphatic heterocycles. The van der Waals surface area contributed by atoms with E-state index in [1.54, 1.807) is 31.1 Å². The third-order valence-corrected chi connectivity index (χ3v) is 9.70. The van der Waals surface area contributed by atoms with Crippen LogP contribution in [0.1, 0.15) is 55.2 Å². The van der Waals surface area contributed by atoms with Gasteiger partial charge in [0.1, 0.15) is 5.75 Å². The zero-order valence-corrected chi connectivity index (χ0v) is 21.4. The molecule has 0 unspecified atom stereocenters. The molecule has 0 radical (unpaired) electrons. The summed E-state index contributed by atoms with van der Waals surface area (Å²) in [6, 6.07) is 12.8. The number of carbonyl (C=O) groups is 2. The predicted octanol–water partition coefficient (Wildman–Crippen LogP) is 4.13. The van der Waals surface area contributed by atoms with Crippen molar-refractivity contribution in [2.45, 2.75) is 74.6 Å². The van der Waals surface area contributed by atoms with E-state index in [-0.39, 0.29) is 29.7 Å². The largest absolute Gasteiger partial charge is 0.497 e. The van der Waals surface area contributed by atoms with Crippen LogP contribution in [0.2, 0.25) is 0 Å². The molecule has 2 fully saturated rings. The zero-order valence-electron chi connectivity index (χ0n) is 20.6. The van der Waals surface area contributed by atoms with Gasteiger partial charge in [0, 0.05) is 12.6 Å². The molecule has 2 aromatic rings. The SMILES string of the molecule is COc1ccc(CN(C(=O)COC(=O)C2(S(=O)(=O)c3cc(C)ccc3C)CCCC2)C2CC2)cc1. The second-order valence-corrected chi connectivity index (χ2v) is 11.9. The fraction of sp³-hybridized carbons (Fsp3) is 0.481. The van der Waals surface area contributed by atoms with Gasteiger partial charge >= 0.3 is 5.97 Å². The quantitative estimate of drug-likeness (QED) is 0.482. The molecule has 188 valence electrons. The summed E-state index contributed by atoms with van der Waals surface area (Å²) in [5.74, 6) is -0.391. The van der Waals surface area contributed by atoms with Crippen LogP contribution in [0, 0.1) is 13.8 Å². The van der Waals surface area contributed by atoms with Crippen molar-refractivity contribution < 1.29 is 27.5 Å². The molecule has 8 heteroatoms. The normalized spacial score (nSPS) is 17.1. The van der Waals surface area contributed by atoms with Gasteiger partial charge in [-0.15, -0.1) is 0 Å². The van der Waals surface area contributed by atoms with Gasteiger partial charge in [0.05, 0.1) is 12.0 Å². The molecule has 0 bridgehead atoms. The minimum Gasteiger partial charge on any atom is -0.497 e. The summed E-state index contributed by atoms with van der Waals surface area (Å²) in [5, 5.41) is 0. The molecule has 0 N–H and O–H groups in total. The van der Waals surface area contributed by atoms with Crippen LogP contribution in [0.5, 0.6) is 5.75 Å². The van der Waals surface area contributed by atoms with Crippen LogP contribution in [0.3, 0.4) is 0 Å². The number of hydrogen-bond acceptors (Lipinski definition) is 6. The van der Waals surface area contributed by atoms with E-state index in [4.69, 9.17) is 9.47 Å². The summed E-state index contributed by atoms with van der Waals surface area (Å²) in [4.78, 5) is 28.3. The summed E-state index contributed by atoms with van der Waals surface area (Å²) >= 11 is 0. The first-order valence-corrected chi connectivity index (χ1v) is 13.6. The highest BCUT2D eigenvalue weighted by molar-refractivity contribution is 7.93. The van der Waals surface area contributed by atoms with Gasteiger partial charge in [-0.3, -0.25) is 9.59 Å². The van der Waals surface area contributed by atoms with Gasteiger partial charge in [-0.25, -0.2) is 8.42 Å². The molecule has 35 heavy (non-hydrogen) atoms. The lowest BCUT2D eigenvalue weighted by molar-refractivity contribution is -0.154. The monoisotopic (exact) mass is 499 g/mol. The Labute approximate surface area is 207 Å². The maximum absolute atomic E-state index is 13.8. The first kappa shape index (κ1) is 25.2. The number of aryl methyl sites for hydroxylation is 2. The fourth-order valence-electron chi connectivity index (χ4n) is 4.81. The molecule has 2 aliphatic rings. The number of methoxy groups -OCH3 is 1. The molecular formula is C27H33NO6S. The Kier molecular flexibility index (Phi) is 7.22. The predicted molar refractivity (Wildman–Crippen MR) is 132 cm³/mol. The van der Waals surface area contributed by atoms with Gasteiger partial charge in [0.15, 0.2) is 21.2 Å². The van der Waals surface area contributed by atoms with Crippen molar-refractivity contribution in [1.82, 2.24) is 4.90 Å². The number of hydrogen-bond donors (Lipinski definition) is 0. The number of amides is 1. The van der Waals surface area contributed by atoms with Crippen LogP contribution >= 0.6 is 0 Å². The highest BCUT2D eigenvalue weighted by Crippen LogP contribution is 2.42. The summed E-state index contributed by atoms with van der Waals surface area (Å²) in [7, 11) is -2.39. The Hall–Kier alpha value is -2.87. The second-order valence-electron chi connectivity index (χ2n) is 9.65. The third kappa shape index (κ3) is 5.08. The lowest BCUT2D eigenvalue weighted by atomic mass is 10.1. The molecule has 0 heterocycles. The molecule has 1 amide bonds. The van der Waals surface area contributed by atoms with Crippen LogP contribution in [-0.4, -0.2) is 49.7 Å². The van der Waals surface area contributed by atoms with Crippen LogP contribution in [-0.2, 0) is 30.7 Å². The number of nitrogens with zero attached hydrogens (tertiary/aromatic N) is 1. The molecule has 0 aromatic heterocycles. The summed E-state index contributed by atoms with van der Waals surface area (Å²) in [6.45, 7) is 3.50. The van der Waals surface area contributed by atoms with Crippen molar-refractivity contribution in [2.24, 2.45) is 0 Å². The van der Waals surface area contributed by atoms with Crippen molar-refractivity contribution in [3.8, 4) is 5.75 Å². The Balaban J connectivity index is 1.49. The first-order valence-electron chi connectivity index (χ1n) is 12.1. The summed E-state index contributed by atoms with van der Waals surface area (Å²) in [5.41, 5.74) is 2.36. The molecular weight excluding hydrogens is 466 g/mol. The Morgan fingerprint density at radius 3 is 2.29 bits per heavy atom. The molecule has 0 atom stereocenters. The molecule has 2 aromatic carbocycles. The number of sulfone groups is 1. The van der Waals surface area contributed by atoms with Gasteiger partial charge in [-0.1, -0.05) is 37.1 Å². The Morgan fingerprint density at radius 2 is 1.69 bits per heavy atom. The van der Waals surface area contributed by atoms with E-state index in [0.29, 0.717) is 24.9 Å². The average molecular weight is 500 g/mol. The number of benzene rings is 2. The lowest BCUT2D eigenvalue weighted by Crippen LogP contribution is -2.47. The van der Waals surface area contributed by atoms with Gasteiger partial charge in [0.25, 0.3) is 5.91 Å². The van der Waals surface area contributed by atoms with E-state index < -0.39 is 27.2 Å². The van der Waals surface area contributed by atoms with Gasteiger partial charge in [-0.2, -0.15) is 0 Å². The van der Waals surface area contributed by atoms with Crippen molar-refractivity contribution >= 4 is 21.7 Å². The zero-order chi connectivity index (χ0) is 25.2. The van der Waals surface area contributed by atoms with Crippen molar-refractivity contribution in [2.75, 3.05) is 13.7 Å². The molecule has 2 saturated carbocycles. The third-order valence-electron chi connectivity index (χ3n) is 7.08. The first-order chi connectivity index (χ1) is 16.7. The van der Waals surface area contributed by atoms with Crippen LogP contribution < -0.4 is 4.74 Å². The minimum atomic E-state index is -3.99. The Morgan fingerprint density at radius 1 is 1.03 bits per heavy atom. The van der Waals surface area contributed by atoms with Crippen LogP contribution in [0.4, 0.5) is 0 Å². The van der Waals surface area contributed by atoms with E-state index in [0.717, 1.165) is 29.7 Å². The molecule has 7 nitrogen and oxygen atoms in total. The molecule has 4 rings (SSSR count). The molecule has 0 spiro atoms. The molecule has 0 saturated heterocycles. The average Bonchev–Trinajstić information content (AvgIpc) is 3.56. The minimum absolute atomic E-state index is 0.113. The lowest BCUT2D eigenvalue weighted by Gasteiger charge is -2.28. The number of ether oxygens (including phenoxy) is 2. The van der Waals surface area contributed by atoms with E-state index in [9.17, 15) is 18.0 Å². The summed E-state index contributed by atoms with van der Waals surface area (Å²) in [6.07, 6.45) is 3.46. The number of carbonyl (C=O) groups excluding carboxylic acids is 2. The fourth-order valence-corrected chi connectivity index (χ4v) is 7.17. The van der Waals surface area contributed by atoms with E-state index in [1.807, 2.05) is 37.3 Å². The van der Waals surface area contributed by atoms with E-state index in [1.165, 1.54) is 0 Å². The van der Waals surface area contributed by atoms with E-state index in [2.05, 4.69) is 0 Å². The van der Waals surface area contributed by atoms with Crippen molar-refractivity contribution in [3.63, 3.8) is 0 Å². The topological polar surface area (TPSA) is 90.0 Å². The smallest absolute Gasteiger partial charge is 0.328 e. The molecule has 2 aliphatic carbocycles. The highest BCUT2D eigenvalue weighted by atomic mass is 32.2. The summed E-state index contributed by atoms with van der Waals surface area (Å²) < 4.78 is 36.5. The van der Waals surface area contributed by atoms with E-state index >= 15 is 0 Å². The van der Waals surface area contributed by atoms with Gasteiger partial charge < -0.3 is 14.4 Å². The Bertz CT molecular complexity index is 1190. The van der Waals surface area contributed by atoms with Crippen LogP contribution in [0.15, 0.2) is 47.4 Å². The van der Waals surface area contributed by atoms with Crippen molar-refractivity contribution in [1.29, 1.82) is 0 Å². The van der Waals surface area contributed by atoms with Gasteiger partial charge in [0.2, 0.25) is 0 Å².